The molecule has 0 N–H and O–H groups in total. The van der Waals surface area contributed by atoms with Gasteiger partial charge in [0.2, 0.25) is 0 Å². The smallest absolute Gasteiger partial charge is 0.0119 e. The Morgan fingerprint density at radius 2 is 1.87 bits per heavy atom. The molecule has 1 unspecified atom stereocenters. The summed E-state index contributed by atoms with van der Waals surface area (Å²) in [7, 11) is 4.57. The lowest BCUT2D eigenvalue weighted by molar-refractivity contribution is 0.100. The highest BCUT2D eigenvalue weighted by molar-refractivity contribution is 4.80. The van der Waals surface area contributed by atoms with Gasteiger partial charge in [-0.25, -0.2) is 0 Å². The molecule has 0 bridgehead atoms. The van der Waals surface area contributed by atoms with E-state index in [1.165, 1.54) is 45.2 Å². The third kappa shape index (κ3) is 3.76. The second-order valence-electron chi connectivity index (χ2n) is 5.05. The number of piperidine rings is 1. The summed E-state index contributed by atoms with van der Waals surface area (Å²) in [5.41, 5.74) is 0. The fourth-order valence-electron chi connectivity index (χ4n) is 2.73. The Morgan fingerprint density at radius 3 is 2.33 bits per heavy atom. The first-order valence-corrected chi connectivity index (χ1v) is 6.59. The van der Waals surface area contributed by atoms with Crippen molar-refractivity contribution in [3.05, 3.63) is 0 Å². The number of hydrogen-bond donors (Lipinski definition) is 0. The van der Waals surface area contributed by atoms with E-state index in [4.69, 9.17) is 0 Å². The molecule has 90 valence electrons. The molecule has 2 heteroatoms. The van der Waals surface area contributed by atoms with Gasteiger partial charge in [0, 0.05) is 12.1 Å². The van der Waals surface area contributed by atoms with E-state index in [0.29, 0.717) is 0 Å². The fraction of sp³-hybridized carbons (Fsp3) is 1.00. The first-order chi connectivity index (χ1) is 7.19. The van der Waals surface area contributed by atoms with Crippen LogP contribution in [0.4, 0.5) is 0 Å². The van der Waals surface area contributed by atoms with Crippen molar-refractivity contribution in [2.24, 2.45) is 0 Å². The normalized spacial score (nSPS) is 22.2. The zero-order valence-corrected chi connectivity index (χ0v) is 11.0. The summed E-state index contributed by atoms with van der Waals surface area (Å²) < 4.78 is 0. The van der Waals surface area contributed by atoms with Crippen LogP contribution in [0.1, 0.15) is 46.0 Å². The molecule has 0 radical (unpaired) electrons. The molecule has 0 aromatic rings. The van der Waals surface area contributed by atoms with Crippen LogP contribution < -0.4 is 0 Å². The van der Waals surface area contributed by atoms with Gasteiger partial charge in [-0.3, -0.25) is 0 Å². The maximum absolute atomic E-state index is 2.65. The second-order valence-corrected chi connectivity index (χ2v) is 5.05. The van der Waals surface area contributed by atoms with Crippen LogP contribution in [0.15, 0.2) is 0 Å². The Hall–Kier alpha value is -0.0800. The molecule has 0 aromatic carbocycles. The number of rotatable bonds is 5. The maximum Gasteiger partial charge on any atom is 0.0119 e. The zero-order valence-electron chi connectivity index (χ0n) is 11.0. The lowest BCUT2D eigenvalue weighted by Gasteiger charge is -2.39. The summed E-state index contributed by atoms with van der Waals surface area (Å²) in [4.78, 5) is 5.10. The quantitative estimate of drug-likeness (QED) is 0.691. The summed E-state index contributed by atoms with van der Waals surface area (Å²) in [6.07, 6.45) is 6.69. The van der Waals surface area contributed by atoms with Crippen LogP contribution >= 0.6 is 0 Å². The van der Waals surface area contributed by atoms with Crippen molar-refractivity contribution in [1.29, 1.82) is 0 Å². The molecule has 0 saturated carbocycles. The molecule has 1 saturated heterocycles. The first-order valence-electron chi connectivity index (χ1n) is 6.59. The molecule has 0 aromatic heterocycles. The summed E-state index contributed by atoms with van der Waals surface area (Å²) in [6, 6.07) is 1.64. The molecular weight excluding hydrogens is 184 g/mol. The van der Waals surface area contributed by atoms with E-state index in [-0.39, 0.29) is 0 Å². The Bertz CT molecular complexity index is 162. The minimum absolute atomic E-state index is 0.809. The average molecular weight is 212 g/mol. The second kappa shape index (κ2) is 6.49. The predicted molar refractivity (Wildman–Crippen MR) is 67.3 cm³/mol. The highest BCUT2D eigenvalue weighted by Crippen LogP contribution is 2.19. The predicted octanol–water partition coefficient (Wildman–Crippen LogP) is 2.59. The van der Waals surface area contributed by atoms with E-state index in [1.807, 2.05) is 0 Å². The lowest BCUT2D eigenvalue weighted by atomic mass is 9.99. The van der Waals surface area contributed by atoms with Crippen molar-refractivity contribution in [3.63, 3.8) is 0 Å². The van der Waals surface area contributed by atoms with Gasteiger partial charge in [0.25, 0.3) is 0 Å². The number of hydrogen-bond acceptors (Lipinski definition) is 2. The fourth-order valence-corrected chi connectivity index (χ4v) is 2.73. The van der Waals surface area contributed by atoms with Gasteiger partial charge in [-0.05, 0) is 52.9 Å². The van der Waals surface area contributed by atoms with Crippen LogP contribution in [0, 0.1) is 0 Å². The highest BCUT2D eigenvalue weighted by Gasteiger charge is 2.24. The van der Waals surface area contributed by atoms with E-state index >= 15 is 0 Å². The molecule has 0 aliphatic carbocycles. The Morgan fingerprint density at radius 1 is 1.27 bits per heavy atom. The molecule has 15 heavy (non-hydrogen) atoms. The van der Waals surface area contributed by atoms with Gasteiger partial charge in [-0.1, -0.05) is 20.3 Å². The molecule has 1 heterocycles. The molecule has 0 spiro atoms. The van der Waals surface area contributed by atoms with E-state index in [1.54, 1.807) is 0 Å². The summed E-state index contributed by atoms with van der Waals surface area (Å²) >= 11 is 0. The van der Waals surface area contributed by atoms with E-state index in [2.05, 4.69) is 37.7 Å². The molecule has 1 aliphatic rings. The number of nitrogens with zero attached hydrogens (tertiary/aromatic N) is 2. The topological polar surface area (TPSA) is 6.48 Å². The Kier molecular flexibility index (Phi) is 5.62. The van der Waals surface area contributed by atoms with Crippen molar-refractivity contribution in [3.8, 4) is 0 Å². The van der Waals surface area contributed by atoms with Crippen LogP contribution in [0.5, 0.6) is 0 Å². The summed E-state index contributed by atoms with van der Waals surface area (Å²) in [5, 5.41) is 0. The molecular formula is C13H28N2. The van der Waals surface area contributed by atoms with E-state index in [0.717, 1.165) is 12.1 Å². The monoisotopic (exact) mass is 212 g/mol. The first kappa shape index (κ1) is 13.0. The summed E-state index contributed by atoms with van der Waals surface area (Å²) in [6.45, 7) is 7.17. The third-order valence-corrected chi connectivity index (χ3v) is 3.93. The molecule has 1 atom stereocenters. The van der Waals surface area contributed by atoms with Crippen LogP contribution in [-0.2, 0) is 0 Å². The van der Waals surface area contributed by atoms with Gasteiger partial charge in [0.1, 0.15) is 0 Å². The van der Waals surface area contributed by atoms with E-state index in [9.17, 15) is 0 Å². The average Bonchev–Trinajstić information content (AvgIpc) is 2.26. The van der Waals surface area contributed by atoms with Crippen LogP contribution in [0.25, 0.3) is 0 Å². The van der Waals surface area contributed by atoms with Crippen LogP contribution in [0.3, 0.4) is 0 Å². The van der Waals surface area contributed by atoms with Crippen molar-refractivity contribution < 1.29 is 0 Å². The molecule has 1 aliphatic heterocycles. The SMILES string of the molecule is CCCC(CC)N(C)C1CCN(C)CC1. The number of likely N-dealkylation sites (tertiary alicyclic amines) is 1. The molecule has 1 fully saturated rings. The third-order valence-electron chi connectivity index (χ3n) is 3.93. The standard InChI is InChI=1S/C13H28N2/c1-5-7-12(6-2)15(4)13-8-10-14(3)11-9-13/h12-13H,5-11H2,1-4H3. The largest absolute Gasteiger partial charge is 0.306 e. The minimum atomic E-state index is 0.809. The highest BCUT2D eigenvalue weighted by atomic mass is 15.2. The minimum Gasteiger partial charge on any atom is -0.306 e. The molecule has 2 nitrogen and oxygen atoms in total. The van der Waals surface area contributed by atoms with Gasteiger partial charge in [0.05, 0.1) is 0 Å². The molecule has 0 amide bonds. The van der Waals surface area contributed by atoms with Crippen LogP contribution in [-0.4, -0.2) is 49.1 Å². The van der Waals surface area contributed by atoms with Crippen molar-refractivity contribution in [2.75, 3.05) is 27.2 Å². The van der Waals surface area contributed by atoms with Crippen LogP contribution in [0.2, 0.25) is 0 Å². The van der Waals surface area contributed by atoms with Gasteiger partial charge in [-0.15, -0.1) is 0 Å². The van der Waals surface area contributed by atoms with Gasteiger partial charge < -0.3 is 9.80 Å². The van der Waals surface area contributed by atoms with Gasteiger partial charge in [-0.2, -0.15) is 0 Å². The lowest BCUT2D eigenvalue weighted by Crippen LogP contribution is -2.46. The maximum atomic E-state index is 2.65. The Balaban J connectivity index is 2.40. The van der Waals surface area contributed by atoms with Crippen molar-refractivity contribution >= 4 is 0 Å². The van der Waals surface area contributed by atoms with Crippen molar-refractivity contribution in [1.82, 2.24) is 9.80 Å². The Labute approximate surface area is 95.6 Å². The van der Waals surface area contributed by atoms with Crippen molar-refractivity contribution in [2.45, 2.75) is 58.0 Å². The zero-order chi connectivity index (χ0) is 11.3. The van der Waals surface area contributed by atoms with Gasteiger partial charge >= 0.3 is 0 Å². The van der Waals surface area contributed by atoms with E-state index < -0.39 is 0 Å². The molecule has 1 rings (SSSR count). The van der Waals surface area contributed by atoms with Gasteiger partial charge in [0.15, 0.2) is 0 Å². The summed E-state index contributed by atoms with van der Waals surface area (Å²) in [5.74, 6) is 0.